The van der Waals surface area contributed by atoms with E-state index in [1.165, 1.54) is 0 Å². The van der Waals surface area contributed by atoms with E-state index in [-0.39, 0.29) is 6.04 Å². The van der Waals surface area contributed by atoms with Crippen LogP contribution in [0.1, 0.15) is 18.5 Å². The van der Waals surface area contributed by atoms with Gasteiger partial charge in [0.1, 0.15) is 0 Å². The van der Waals surface area contributed by atoms with Crippen molar-refractivity contribution in [2.45, 2.75) is 24.0 Å². The summed E-state index contributed by atoms with van der Waals surface area (Å²) in [6.07, 6.45) is -0.486. The molecule has 2 nitrogen and oxygen atoms in total. The normalized spacial score (nSPS) is 13.9. The first kappa shape index (κ1) is 13.0. The topological polar surface area (TPSA) is 32.3 Å². The summed E-state index contributed by atoms with van der Waals surface area (Å²) in [5.41, 5.74) is 1.99. The number of rotatable bonds is 4. The minimum Gasteiger partial charge on any atom is -0.391 e. The highest BCUT2D eigenvalue weighted by molar-refractivity contribution is 7.80. The van der Waals surface area contributed by atoms with Crippen molar-refractivity contribution in [2.24, 2.45) is 0 Å². The van der Waals surface area contributed by atoms with Crippen molar-refractivity contribution in [1.82, 2.24) is 0 Å². The number of hydrogen-bond acceptors (Lipinski definition) is 3. The van der Waals surface area contributed by atoms with Gasteiger partial charge in [0.25, 0.3) is 0 Å². The molecule has 2 aromatic carbocycles. The third kappa shape index (κ3) is 3.06. The monoisotopic (exact) mass is 259 g/mol. The fourth-order valence-electron chi connectivity index (χ4n) is 1.91. The van der Waals surface area contributed by atoms with Crippen LogP contribution in [-0.4, -0.2) is 11.2 Å². The van der Waals surface area contributed by atoms with E-state index in [4.69, 9.17) is 0 Å². The maximum Gasteiger partial charge on any atom is 0.0771 e. The third-order valence-electron chi connectivity index (χ3n) is 2.86. The number of aliphatic hydroxyl groups is 1. The van der Waals surface area contributed by atoms with Crippen molar-refractivity contribution in [3.8, 4) is 0 Å². The van der Waals surface area contributed by atoms with Gasteiger partial charge < -0.3 is 10.4 Å². The summed E-state index contributed by atoms with van der Waals surface area (Å²) in [5, 5.41) is 13.3. The number of nitrogens with one attached hydrogen (secondary N) is 1. The smallest absolute Gasteiger partial charge is 0.0771 e. The molecule has 2 unspecified atom stereocenters. The molecule has 0 bridgehead atoms. The summed E-state index contributed by atoms with van der Waals surface area (Å²) in [6.45, 7) is 1.78. The molecule has 2 aromatic rings. The van der Waals surface area contributed by atoms with Crippen molar-refractivity contribution >= 4 is 18.3 Å². The Morgan fingerprint density at radius 2 is 1.61 bits per heavy atom. The lowest BCUT2D eigenvalue weighted by Crippen LogP contribution is -2.22. The van der Waals surface area contributed by atoms with Gasteiger partial charge in [-0.3, -0.25) is 0 Å². The van der Waals surface area contributed by atoms with Crippen LogP contribution in [0, 0.1) is 0 Å². The maximum absolute atomic E-state index is 9.93. The number of para-hydroxylation sites is 1. The summed E-state index contributed by atoms with van der Waals surface area (Å²) in [6, 6.07) is 17.6. The van der Waals surface area contributed by atoms with Crippen LogP contribution in [0.15, 0.2) is 59.5 Å². The molecule has 3 heteroatoms. The van der Waals surface area contributed by atoms with Crippen molar-refractivity contribution in [3.63, 3.8) is 0 Å². The molecular formula is C15H17NOS. The van der Waals surface area contributed by atoms with Gasteiger partial charge >= 0.3 is 0 Å². The number of benzene rings is 2. The van der Waals surface area contributed by atoms with Crippen LogP contribution in [0.25, 0.3) is 0 Å². The second kappa shape index (κ2) is 5.94. The van der Waals surface area contributed by atoms with Crippen molar-refractivity contribution < 1.29 is 5.11 Å². The molecular weight excluding hydrogens is 242 g/mol. The number of hydrogen-bond donors (Lipinski definition) is 3. The predicted molar refractivity (Wildman–Crippen MR) is 78.2 cm³/mol. The zero-order valence-corrected chi connectivity index (χ0v) is 11.1. The molecule has 0 aliphatic rings. The lowest BCUT2D eigenvalue weighted by molar-refractivity contribution is 0.172. The number of anilines is 1. The van der Waals surface area contributed by atoms with Gasteiger partial charge in [0, 0.05) is 10.6 Å². The van der Waals surface area contributed by atoms with Gasteiger partial charge in [0.2, 0.25) is 0 Å². The Labute approximate surface area is 113 Å². The molecule has 0 fully saturated rings. The van der Waals surface area contributed by atoms with E-state index >= 15 is 0 Å². The lowest BCUT2D eigenvalue weighted by atomic mass is 10.0. The third-order valence-corrected chi connectivity index (χ3v) is 3.25. The van der Waals surface area contributed by atoms with E-state index in [0.717, 1.165) is 16.1 Å². The Bertz CT molecular complexity index is 499. The van der Waals surface area contributed by atoms with Crippen LogP contribution >= 0.6 is 12.6 Å². The number of aliphatic hydroxyl groups excluding tert-OH is 1. The van der Waals surface area contributed by atoms with Gasteiger partial charge in [-0.2, -0.15) is 0 Å². The van der Waals surface area contributed by atoms with Gasteiger partial charge in [0.15, 0.2) is 0 Å². The summed E-state index contributed by atoms with van der Waals surface area (Å²) < 4.78 is 0. The molecule has 0 aliphatic carbocycles. The first-order valence-corrected chi connectivity index (χ1v) is 6.41. The second-order valence-corrected chi connectivity index (χ2v) is 4.77. The summed E-state index contributed by atoms with van der Waals surface area (Å²) in [7, 11) is 0. The molecule has 0 spiro atoms. The van der Waals surface area contributed by atoms with Gasteiger partial charge in [-0.15, -0.1) is 12.6 Å². The molecule has 2 rings (SSSR count). The minimum absolute atomic E-state index is 0.139. The summed E-state index contributed by atoms with van der Waals surface area (Å²) in [5.74, 6) is 0. The molecule has 18 heavy (non-hydrogen) atoms. The zero-order chi connectivity index (χ0) is 13.0. The van der Waals surface area contributed by atoms with E-state index in [1.807, 2.05) is 54.6 Å². The Morgan fingerprint density at radius 1 is 1.00 bits per heavy atom. The highest BCUT2D eigenvalue weighted by Gasteiger charge is 2.17. The van der Waals surface area contributed by atoms with Crippen LogP contribution in [0.5, 0.6) is 0 Å². The van der Waals surface area contributed by atoms with E-state index < -0.39 is 6.10 Å². The Hall–Kier alpha value is -1.45. The largest absolute Gasteiger partial charge is 0.391 e. The van der Waals surface area contributed by atoms with Crippen LogP contribution in [0.3, 0.4) is 0 Å². The molecule has 94 valence electrons. The molecule has 2 atom stereocenters. The first-order valence-electron chi connectivity index (χ1n) is 5.96. The highest BCUT2D eigenvalue weighted by Crippen LogP contribution is 2.26. The van der Waals surface area contributed by atoms with Gasteiger partial charge in [-0.25, -0.2) is 0 Å². The van der Waals surface area contributed by atoms with Crippen LogP contribution in [-0.2, 0) is 0 Å². The Kier molecular flexibility index (Phi) is 4.28. The summed E-state index contributed by atoms with van der Waals surface area (Å²) >= 11 is 4.41. The molecule has 2 N–H and O–H groups in total. The molecule has 0 aliphatic heterocycles. The summed E-state index contributed by atoms with van der Waals surface area (Å²) in [4.78, 5) is 0.874. The van der Waals surface area contributed by atoms with E-state index in [1.54, 1.807) is 6.92 Å². The Morgan fingerprint density at radius 3 is 2.22 bits per heavy atom. The van der Waals surface area contributed by atoms with E-state index in [2.05, 4.69) is 17.9 Å². The standard InChI is InChI=1S/C15H17NOS/c1-11(17)15(12-7-3-2-4-8-12)16-13-9-5-6-10-14(13)18/h2-11,15-18H,1H3. The van der Waals surface area contributed by atoms with Crippen LogP contribution < -0.4 is 5.32 Å². The predicted octanol–water partition coefficient (Wildman–Crippen LogP) is 3.51. The molecule has 0 saturated carbocycles. The first-order chi connectivity index (χ1) is 8.68. The lowest BCUT2D eigenvalue weighted by Gasteiger charge is -2.23. The Balaban J connectivity index is 2.26. The quantitative estimate of drug-likeness (QED) is 0.734. The van der Waals surface area contributed by atoms with Crippen LogP contribution in [0.4, 0.5) is 5.69 Å². The molecule has 0 saturated heterocycles. The van der Waals surface area contributed by atoms with Crippen LogP contribution in [0.2, 0.25) is 0 Å². The highest BCUT2D eigenvalue weighted by atomic mass is 32.1. The average molecular weight is 259 g/mol. The fraction of sp³-hybridized carbons (Fsp3) is 0.200. The fourth-order valence-corrected chi connectivity index (χ4v) is 2.13. The van der Waals surface area contributed by atoms with Gasteiger partial charge in [0.05, 0.1) is 12.1 Å². The molecule has 0 aromatic heterocycles. The van der Waals surface area contributed by atoms with Crippen molar-refractivity contribution in [2.75, 3.05) is 5.32 Å². The molecule has 0 amide bonds. The average Bonchev–Trinajstić information content (AvgIpc) is 2.38. The van der Waals surface area contributed by atoms with Crippen molar-refractivity contribution in [1.29, 1.82) is 0 Å². The van der Waals surface area contributed by atoms with Crippen molar-refractivity contribution in [3.05, 3.63) is 60.2 Å². The SMILES string of the molecule is CC(O)C(Nc1ccccc1S)c1ccccc1. The van der Waals surface area contributed by atoms with E-state index in [9.17, 15) is 5.11 Å². The zero-order valence-electron chi connectivity index (χ0n) is 10.2. The van der Waals surface area contributed by atoms with Gasteiger partial charge in [-0.1, -0.05) is 42.5 Å². The maximum atomic E-state index is 9.93. The van der Waals surface area contributed by atoms with Gasteiger partial charge in [-0.05, 0) is 24.6 Å². The second-order valence-electron chi connectivity index (χ2n) is 4.29. The van der Waals surface area contributed by atoms with E-state index in [0.29, 0.717) is 0 Å². The molecule has 0 radical (unpaired) electrons. The number of thiol groups is 1. The minimum atomic E-state index is -0.486. The molecule has 0 heterocycles.